The number of halogens is 1. The van der Waals surface area contributed by atoms with Crippen molar-refractivity contribution in [2.24, 2.45) is 4.99 Å². The number of nitrogens with zero attached hydrogens (tertiary/aromatic N) is 3. The monoisotopic (exact) mass is 557 g/mol. The van der Waals surface area contributed by atoms with E-state index in [9.17, 15) is 9.59 Å². The Balaban J connectivity index is 0.00000363. The van der Waals surface area contributed by atoms with Gasteiger partial charge in [-0.3, -0.25) is 9.79 Å². The third-order valence-electron chi connectivity index (χ3n) is 5.49. The molecule has 3 rings (SSSR count). The van der Waals surface area contributed by atoms with E-state index < -0.39 is 5.60 Å². The number of piperazine rings is 1. The molecule has 178 valence electrons. The van der Waals surface area contributed by atoms with Crippen LogP contribution in [0.15, 0.2) is 29.3 Å². The largest absolute Gasteiger partial charge is 0.444 e. The van der Waals surface area contributed by atoms with Crippen LogP contribution in [0.3, 0.4) is 0 Å². The Kier molecular flexibility index (Phi) is 9.18. The van der Waals surface area contributed by atoms with Gasteiger partial charge in [0.2, 0.25) is 0 Å². The van der Waals surface area contributed by atoms with Gasteiger partial charge in [-0.2, -0.15) is 0 Å². The summed E-state index contributed by atoms with van der Waals surface area (Å²) in [4.78, 5) is 33.4. The van der Waals surface area contributed by atoms with Crippen LogP contribution in [0.5, 0.6) is 0 Å². The zero-order chi connectivity index (χ0) is 22.6. The zero-order valence-electron chi connectivity index (χ0n) is 19.7. The standard InChI is InChI=1S/C23H35N5O3.HI/c1-6-16(2)26-20(29)18-9-7-8-17(12-18)13-24-21-25-14-19-15-27(10-11-28(19)21)22(30)31-23(3,4)5;/h7-9,12,16,19H,6,10-11,13-15H2,1-5H3,(H,24,25)(H,26,29);1H. The SMILES string of the molecule is CCC(C)NC(=O)c1cccc(CNC2=NCC3CN(C(=O)OC(C)(C)C)CCN23)c1.I. The second-order valence-electron chi connectivity index (χ2n) is 9.27. The number of rotatable bonds is 5. The van der Waals surface area contributed by atoms with E-state index in [1.807, 2.05) is 58.9 Å². The van der Waals surface area contributed by atoms with Crippen molar-refractivity contribution in [3.63, 3.8) is 0 Å². The van der Waals surface area contributed by atoms with Gasteiger partial charge in [-0.05, 0) is 51.8 Å². The van der Waals surface area contributed by atoms with E-state index in [-0.39, 0.29) is 48.1 Å². The predicted molar refractivity (Wildman–Crippen MR) is 137 cm³/mol. The van der Waals surface area contributed by atoms with Crippen molar-refractivity contribution in [2.75, 3.05) is 26.2 Å². The van der Waals surface area contributed by atoms with Crippen molar-refractivity contribution < 1.29 is 14.3 Å². The quantitative estimate of drug-likeness (QED) is 0.544. The van der Waals surface area contributed by atoms with Crippen LogP contribution >= 0.6 is 24.0 Å². The Labute approximate surface area is 208 Å². The molecule has 2 aliphatic rings. The molecule has 2 amide bonds. The Hall–Kier alpha value is -2.04. The molecule has 0 saturated carbocycles. The molecule has 2 unspecified atom stereocenters. The number of benzene rings is 1. The molecule has 1 fully saturated rings. The summed E-state index contributed by atoms with van der Waals surface area (Å²) in [5.74, 6) is 0.802. The van der Waals surface area contributed by atoms with Crippen molar-refractivity contribution in [2.45, 2.75) is 65.3 Å². The molecule has 1 aromatic carbocycles. The molecule has 2 atom stereocenters. The van der Waals surface area contributed by atoms with Gasteiger partial charge in [-0.1, -0.05) is 19.1 Å². The first-order valence-corrected chi connectivity index (χ1v) is 11.1. The van der Waals surface area contributed by atoms with E-state index in [0.29, 0.717) is 38.3 Å². The minimum Gasteiger partial charge on any atom is -0.444 e. The normalized spacial score (nSPS) is 18.8. The highest BCUT2D eigenvalue weighted by molar-refractivity contribution is 14.0. The maximum absolute atomic E-state index is 12.4. The van der Waals surface area contributed by atoms with E-state index in [4.69, 9.17) is 4.74 Å². The molecule has 8 nitrogen and oxygen atoms in total. The maximum Gasteiger partial charge on any atom is 0.410 e. The molecule has 1 aromatic rings. The number of amides is 2. The Morgan fingerprint density at radius 2 is 2.03 bits per heavy atom. The lowest BCUT2D eigenvalue weighted by Crippen LogP contribution is -2.57. The summed E-state index contributed by atoms with van der Waals surface area (Å²) in [7, 11) is 0. The second kappa shape index (κ2) is 11.2. The molecule has 0 aromatic heterocycles. The highest BCUT2D eigenvalue weighted by atomic mass is 127. The first-order valence-electron chi connectivity index (χ1n) is 11.1. The smallest absolute Gasteiger partial charge is 0.410 e. The molecular formula is C23H36IN5O3. The van der Waals surface area contributed by atoms with Gasteiger partial charge < -0.3 is 25.2 Å². The lowest BCUT2D eigenvalue weighted by atomic mass is 10.1. The van der Waals surface area contributed by atoms with E-state index in [1.54, 1.807) is 4.90 Å². The lowest BCUT2D eigenvalue weighted by Gasteiger charge is -2.39. The number of fused-ring (bicyclic) bond motifs is 1. The summed E-state index contributed by atoms with van der Waals surface area (Å²) < 4.78 is 5.50. The third kappa shape index (κ3) is 6.98. The van der Waals surface area contributed by atoms with Gasteiger partial charge in [-0.15, -0.1) is 24.0 Å². The molecule has 2 aliphatic heterocycles. The van der Waals surface area contributed by atoms with E-state index in [2.05, 4.69) is 20.5 Å². The van der Waals surface area contributed by atoms with Gasteiger partial charge in [-0.25, -0.2) is 4.79 Å². The van der Waals surface area contributed by atoms with Crippen molar-refractivity contribution in [3.05, 3.63) is 35.4 Å². The molecular weight excluding hydrogens is 521 g/mol. The van der Waals surface area contributed by atoms with Gasteiger partial charge in [0.25, 0.3) is 5.91 Å². The Bertz CT molecular complexity index is 839. The van der Waals surface area contributed by atoms with Crippen molar-refractivity contribution in [3.8, 4) is 0 Å². The molecule has 0 radical (unpaired) electrons. The average Bonchev–Trinajstić information content (AvgIpc) is 3.13. The van der Waals surface area contributed by atoms with Crippen LogP contribution in [-0.2, 0) is 11.3 Å². The number of carbonyl (C=O) groups excluding carboxylic acids is 2. The first-order chi connectivity index (χ1) is 14.7. The van der Waals surface area contributed by atoms with Gasteiger partial charge in [0, 0.05) is 37.8 Å². The third-order valence-corrected chi connectivity index (χ3v) is 5.49. The fraction of sp³-hybridized carbons (Fsp3) is 0.609. The number of hydrogen-bond acceptors (Lipinski definition) is 6. The number of guanidine groups is 1. The number of carbonyl (C=O) groups is 2. The molecule has 9 heteroatoms. The van der Waals surface area contributed by atoms with Crippen LogP contribution in [0.25, 0.3) is 0 Å². The second-order valence-corrected chi connectivity index (χ2v) is 9.27. The highest BCUT2D eigenvalue weighted by Crippen LogP contribution is 2.19. The summed E-state index contributed by atoms with van der Waals surface area (Å²) >= 11 is 0. The molecule has 0 aliphatic carbocycles. The lowest BCUT2D eigenvalue weighted by molar-refractivity contribution is 0.0137. The van der Waals surface area contributed by atoms with Crippen molar-refractivity contribution in [1.82, 2.24) is 20.4 Å². The van der Waals surface area contributed by atoms with Crippen LogP contribution < -0.4 is 10.6 Å². The summed E-state index contributed by atoms with van der Waals surface area (Å²) in [6.45, 7) is 12.9. The fourth-order valence-corrected chi connectivity index (χ4v) is 3.64. The first kappa shape index (κ1) is 26.2. The maximum atomic E-state index is 12.4. The average molecular weight is 557 g/mol. The Morgan fingerprint density at radius 3 is 2.72 bits per heavy atom. The number of hydrogen-bond donors (Lipinski definition) is 2. The number of ether oxygens (including phenoxy) is 1. The summed E-state index contributed by atoms with van der Waals surface area (Å²) in [6.07, 6.45) is 0.635. The van der Waals surface area contributed by atoms with Crippen LogP contribution in [0.1, 0.15) is 57.0 Å². The number of aliphatic imine (C=N–C) groups is 1. The summed E-state index contributed by atoms with van der Waals surface area (Å²) in [6, 6.07) is 7.97. The predicted octanol–water partition coefficient (Wildman–Crippen LogP) is 3.21. The van der Waals surface area contributed by atoms with Crippen LogP contribution in [0.4, 0.5) is 4.79 Å². The molecule has 0 bridgehead atoms. The fourth-order valence-electron chi connectivity index (χ4n) is 3.64. The van der Waals surface area contributed by atoms with E-state index >= 15 is 0 Å². The van der Waals surface area contributed by atoms with Crippen LogP contribution in [-0.4, -0.2) is 71.6 Å². The zero-order valence-corrected chi connectivity index (χ0v) is 22.0. The topological polar surface area (TPSA) is 86.3 Å². The van der Waals surface area contributed by atoms with E-state index in [0.717, 1.165) is 17.9 Å². The molecule has 32 heavy (non-hydrogen) atoms. The van der Waals surface area contributed by atoms with Gasteiger partial charge in [0.1, 0.15) is 5.60 Å². The van der Waals surface area contributed by atoms with Crippen molar-refractivity contribution in [1.29, 1.82) is 0 Å². The minimum atomic E-state index is -0.493. The van der Waals surface area contributed by atoms with Crippen molar-refractivity contribution >= 4 is 41.9 Å². The Morgan fingerprint density at radius 1 is 1.28 bits per heavy atom. The van der Waals surface area contributed by atoms with Gasteiger partial charge in [0.05, 0.1) is 12.6 Å². The number of nitrogens with one attached hydrogen (secondary N) is 2. The summed E-state index contributed by atoms with van der Waals surface area (Å²) in [5.41, 5.74) is 1.19. The summed E-state index contributed by atoms with van der Waals surface area (Å²) in [5, 5.41) is 6.41. The van der Waals surface area contributed by atoms with Gasteiger partial charge >= 0.3 is 6.09 Å². The van der Waals surface area contributed by atoms with E-state index in [1.165, 1.54) is 0 Å². The minimum absolute atomic E-state index is 0. The van der Waals surface area contributed by atoms with Crippen LogP contribution in [0, 0.1) is 0 Å². The highest BCUT2D eigenvalue weighted by Gasteiger charge is 2.36. The molecule has 2 heterocycles. The molecule has 0 spiro atoms. The van der Waals surface area contributed by atoms with Gasteiger partial charge in [0.15, 0.2) is 5.96 Å². The van der Waals surface area contributed by atoms with Crippen LogP contribution in [0.2, 0.25) is 0 Å². The molecule has 2 N–H and O–H groups in total. The molecule has 1 saturated heterocycles.